The van der Waals surface area contributed by atoms with Crippen molar-refractivity contribution in [3.05, 3.63) is 71.8 Å². The summed E-state index contributed by atoms with van der Waals surface area (Å²) in [5.74, 6) is -1.08. The molecule has 0 atom stereocenters. The molecule has 1 heterocycles. The summed E-state index contributed by atoms with van der Waals surface area (Å²) >= 11 is 0. The van der Waals surface area contributed by atoms with Gasteiger partial charge in [0, 0.05) is 18.3 Å². The highest BCUT2D eigenvalue weighted by Gasteiger charge is 2.18. The standard InChI is InChI=1S/C20H19F3N4O3S/c21-16-4-2-1-3-14(16)9-20(28)26-15-6-7-17(18(10-15)31(24,29)30)27-12-13(11-25-27)5-8-19(22)23/h1-4,6-7,10-12,19H,5,8-9H2,(H,26,28)(H2,24,29,30). The molecule has 1 amide bonds. The summed E-state index contributed by atoms with van der Waals surface area (Å²) in [7, 11) is -4.21. The van der Waals surface area contributed by atoms with Crippen molar-refractivity contribution in [2.45, 2.75) is 30.6 Å². The van der Waals surface area contributed by atoms with E-state index in [1.807, 2.05) is 0 Å². The molecular weight excluding hydrogens is 433 g/mol. The predicted octanol–water partition coefficient (Wildman–Crippen LogP) is 3.04. The Kier molecular flexibility index (Phi) is 6.76. The van der Waals surface area contributed by atoms with Crippen molar-refractivity contribution >= 4 is 21.6 Å². The van der Waals surface area contributed by atoms with Gasteiger partial charge in [-0.15, -0.1) is 0 Å². The third-order valence-electron chi connectivity index (χ3n) is 4.39. The van der Waals surface area contributed by atoms with Crippen LogP contribution in [0, 0.1) is 5.82 Å². The molecule has 3 N–H and O–H groups in total. The largest absolute Gasteiger partial charge is 0.326 e. The number of halogens is 3. The first-order chi connectivity index (χ1) is 14.6. The zero-order valence-corrected chi connectivity index (χ0v) is 16.9. The molecule has 2 aromatic carbocycles. The predicted molar refractivity (Wildman–Crippen MR) is 108 cm³/mol. The molecule has 0 aliphatic heterocycles. The summed E-state index contributed by atoms with van der Waals surface area (Å²) in [6.07, 6.45) is -0.183. The minimum absolute atomic E-state index is 0.0760. The molecule has 0 aliphatic rings. The molecule has 0 bridgehead atoms. The quantitative estimate of drug-likeness (QED) is 0.548. The van der Waals surface area contributed by atoms with Crippen molar-refractivity contribution in [3.63, 3.8) is 0 Å². The number of sulfonamides is 1. The number of hydrogen-bond acceptors (Lipinski definition) is 4. The number of nitrogens with two attached hydrogens (primary N) is 1. The van der Waals surface area contributed by atoms with Crippen LogP contribution in [0.4, 0.5) is 18.9 Å². The van der Waals surface area contributed by atoms with Gasteiger partial charge in [-0.2, -0.15) is 5.10 Å². The Hall–Kier alpha value is -3.18. The lowest BCUT2D eigenvalue weighted by Crippen LogP contribution is -2.18. The number of amides is 1. The van der Waals surface area contributed by atoms with E-state index in [4.69, 9.17) is 5.14 Å². The van der Waals surface area contributed by atoms with Crippen LogP contribution in [-0.2, 0) is 27.7 Å². The summed E-state index contributed by atoms with van der Waals surface area (Å²) in [5, 5.41) is 11.8. The SMILES string of the molecule is NS(=O)(=O)c1cc(NC(=O)Cc2ccccc2F)ccc1-n1cc(CCC(F)F)cn1. The highest BCUT2D eigenvalue weighted by atomic mass is 32.2. The van der Waals surface area contributed by atoms with Crippen molar-refractivity contribution < 1.29 is 26.4 Å². The van der Waals surface area contributed by atoms with Crippen LogP contribution in [0.1, 0.15) is 17.5 Å². The number of carbonyl (C=O) groups is 1. The molecule has 3 rings (SSSR count). The fourth-order valence-electron chi connectivity index (χ4n) is 2.93. The van der Waals surface area contributed by atoms with Crippen molar-refractivity contribution in [3.8, 4) is 5.69 Å². The summed E-state index contributed by atoms with van der Waals surface area (Å²) in [5.41, 5.74) is 0.927. The van der Waals surface area contributed by atoms with E-state index in [1.54, 1.807) is 6.07 Å². The first-order valence-electron chi connectivity index (χ1n) is 9.15. The van der Waals surface area contributed by atoms with Crippen LogP contribution in [-0.4, -0.2) is 30.5 Å². The summed E-state index contributed by atoms with van der Waals surface area (Å²) < 4.78 is 63.9. The van der Waals surface area contributed by atoms with Crippen LogP contribution in [0.5, 0.6) is 0 Å². The third-order valence-corrected chi connectivity index (χ3v) is 5.33. The third kappa shape index (κ3) is 5.92. The number of carbonyl (C=O) groups excluding carboxylic acids is 1. The van der Waals surface area contributed by atoms with Gasteiger partial charge in [0.25, 0.3) is 0 Å². The summed E-state index contributed by atoms with van der Waals surface area (Å²) in [6, 6.07) is 9.77. The van der Waals surface area contributed by atoms with Gasteiger partial charge in [0.2, 0.25) is 22.4 Å². The molecule has 31 heavy (non-hydrogen) atoms. The zero-order chi connectivity index (χ0) is 22.6. The first kappa shape index (κ1) is 22.5. The van der Waals surface area contributed by atoms with E-state index in [0.717, 1.165) is 6.07 Å². The van der Waals surface area contributed by atoms with Gasteiger partial charge in [0.15, 0.2) is 0 Å². The Labute approximate surface area is 176 Å². The highest BCUT2D eigenvalue weighted by molar-refractivity contribution is 7.89. The highest BCUT2D eigenvalue weighted by Crippen LogP contribution is 2.24. The van der Waals surface area contributed by atoms with E-state index < -0.39 is 28.2 Å². The smallest absolute Gasteiger partial charge is 0.240 e. The van der Waals surface area contributed by atoms with Gasteiger partial charge in [0.05, 0.1) is 18.3 Å². The van der Waals surface area contributed by atoms with Crippen LogP contribution < -0.4 is 10.5 Å². The topological polar surface area (TPSA) is 107 Å². The monoisotopic (exact) mass is 452 g/mol. The van der Waals surface area contributed by atoms with Crippen LogP contribution in [0.25, 0.3) is 5.69 Å². The fraction of sp³-hybridized carbons (Fsp3) is 0.200. The van der Waals surface area contributed by atoms with Crippen LogP contribution in [0.2, 0.25) is 0 Å². The van der Waals surface area contributed by atoms with Gasteiger partial charge < -0.3 is 5.32 Å². The number of anilines is 1. The summed E-state index contributed by atoms with van der Waals surface area (Å²) in [6.45, 7) is 0. The minimum Gasteiger partial charge on any atom is -0.326 e. The lowest BCUT2D eigenvalue weighted by molar-refractivity contribution is -0.115. The Morgan fingerprint density at radius 2 is 1.94 bits per heavy atom. The van der Waals surface area contributed by atoms with Crippen LogP contribution >= 0.6 is 0 Å². The molecule has 7 nitrogen and oxygen atoms in total. The lowest BCUT2D eigenvalue weighted by atomic mass is 10.1. The number of aromatic nitrogens is 2. The number of aryl methyl sites for hydroxylation is 1. The minimum atomic E-state index is -4.21. The second-order valence-corrected chi connectivity index (χ2v) is 8.30. The Morgan fingerprint density at radius 1 is 1.19 bits per heavy atom. The molecule has 0 unspecified atom stereocenters. The van der Waals surface area contributed by atoms with E-state index in [2.05, 4.69) is 10.4 Å². The first-order valence-corrected chi connectivity index (χ1v) is 10.7. The molecule has 3 aromatic rings. The molecule has 0 saturated carbocycles. The van der Waals surface area contributed by atoms with Crippen LogP contribution in [0.15, 0.2) is 59.8 Å². The van der Waals surface area contributed by atoms with E-state index in [0.29, 0.717) is 5.56 Å². The Bertz CT molecular complexity index is 1200. The molecule has 0 aliphatic carbocycles. The maximum absolute atomic E-state index is 13.7. The number of hydrogen-bond donors (Lipinski definition) is 2. The number of nitrogens with one attached hydrogen (secondary N) is 1. The van der Waals surface area contributed by atoms with Crippen molar-refractivity contribution in [2.75, 3.05) is 5.32 Å². The molecular formula is C20H19F3N4O3S. The van der Waals surface area contributed by atoms with E-state index in [-0.39, 0.29) is 41.1 Å². The van der Waals surface area contributed by atoms with Gasteiger partial charge in [-0.05, 0) is 41.8 Å². The Balaban J connectivity index is 1.84. The lowest BCUT2D eigenvalue weighted by Gasteiger charge is -2.12. The van der Waals surface area contributed by atoms with E-state index >= 15 is 0 Å². The van der Waals surface area contributed by atoms with Crippen molar-refractivity contribution in [2.24, 2.45) is 5.14 Å². The normalized spacial score (nSPS) is 11.6. The molecule has 0 spiro atoms. The molecule has 164 valence electrons. The van der Waals surface area contributed by atoms with Crippen molar-refractivity contribution in [1.29, 1.82) is 0 Å². The van der Waals surface area contributed by atoms with Gasteiger partial charge >= 0.3 is 0 Å². The maximum atomic E-state index is 13.7. The van der Waals surface area contributed by atoms with Crippen molar-refractivity contribution in [1.82, 2.24) is 9.78 Å². The Morgan fingerprint density at radius 3 is 2.61 bits per heavy atom. The number of rotatable bonds is 8. The summed E-state index contributed by atoms with van der Waals surface area (Å²) in [4.78, 5) is 11.9. The fourth-order valence-corrected chi connectivity index (χ4v) is 3.67. The zero-order valence-electron chi connectivity index (χ0n) is 16.1. The molecule has 0 radical (unpaired) electrons. The maximum Gasteiger partial charge on any atom is 0.240 e. The average molecular weight is 452 g/mol. The van der Waals surface area contributed by atoms with Gasteiger partial charge in [-0.25, -0.2) is 31.4 Å². The molecule has 1 aromatic heterocycles. The van der Waals surface area contributed by atoms with E-state index in [9.17, 15) is 26.4 Å². The number of nitrogens with zero attached hydrogens (tertiary/aromatic N) is 2. The van der Waals surface area contributed by atoms with Gasteiger partial charge in [0.1, 0.15) is 10.7 Å². The van der Waals surface area contributed by atoms with E-state index in [1.165, 1.54) is 47.4 Å². The van der Waals surface area contributed by atoms with Crippen LogP contribution in [0.3, 0.4) is 0 Å². The van der Waals surface area contributed by atoms with Gasteiger partial charge in [-0.1, -0.05) is 18.2 Å². The molecule has 0 saturated heterocycles. The second kappa shape index (κ2) is 9.31. The molecule has 0 fully saturated rings. The second-order valence-electron chi connectivity index (χ2n) is 6.77. The number of benzene rings is 2. The number of primary sulfonamides is 1. The van der Waals surface area contributed by atoms with Gasteiger partial charge in [-0.3, -0.25) is 4.79 Å². The average Bonchev–Trinajstić information content (AvgIpc) is 3.16. The molecule has 11 heteroatoms. The number of alkyl halides is 2.